The van der Waals surface area contributed by atoms with Crippen LogP contribution in [0.2, 0.25) is 10.0 Å². The number of nitrogens with zero attached hydrogens (tertiary/aromatic N) is 1. The maximum atomic E-state index is 12.8. The molecule has 2 unspecified atom stereocenters. The first kappa shape index (κ1) is 21.5. The van der Waals surface area contributed by atoms with Gasteiger partial charge < -0.3 is 29.9 Å². The predicted octanol–water partition coefficient (Wildman–Crippen LogP) is 1.95. The lowest BCUT2D eigenvalue weighted by molar-refractivity contribution is 0.0201. The fourth-order valence-corrected chi connectivity index (χ4v) is 3.92. The number of ether oxygens (including phenoxy) is 2. The fourth-order valence-electron chi connectivity index (χ4n) is 3.53. The molecule has 9 heteroatoms. The maximum absolute atomic E-state index is 12.8. The highest BCUT2D eigenvalue weighted by Gasteiger charge is 2.29. The largest absolute Gasteiger partial charge is 0.489 e. The minimum atomic E-state index is -0.529. The zero-order chi connectivity index (χ0) is 20.1. The number of aliphatic hydroxyl groups excluding tert-OH is 2. The van der Waals surface area contributed by atoms with E-state index in [-0.39, 0.29) is 34.0 Å². The summed E-state index contributed by atoms with van der Waals surface area (Å²) in [5.41, 5.74) is 0.279. The number of hydrogen-bond acceptors (Lipinski definition) is 6. The third kappa shape index (κ3) is 5.02. The normalized spacial score (nSPS) is 22.6. The van der Waals surface area contributed by atoms with Crippen LogP contribution in [-0.2, 0) is 0 Å². The van der Waals surface area contributed by atoms with Gasteiger partial charge in [0.2, 0.25) is 0 Å². The number of fused-ring (bicyclic) bond motifs is 1. The average Bonchev–Trinajstić information content (AvgIpc) is 2.94. The Morgan fingerprint density at radius 3 is 2.75 bits per heavy atom. The summed E-state index contributed by atoms with van der Waals surface area (Å²) >= 11 is 12.4. The zero-order valence-corrected chi connectivity index (χ0v) is 17.1. The molecule has 2 aliphatic rings. The van der Waals surface area contributed by atoms with E-state index in [2.05, 4.69) is 10.2 Å². The molecular weight excluding hydrogens is 407 g/mol. The van der Waals surface area contributed by atoms with E-state index in [1.165, 1.54) is 6.07 Å². The molecule has 0 spiro atoms. The standard InChI is InChI=1S/C19H26Cl2N2O5/c20-14-9-13(17-18(16(14)21)28-8-2-7-27-17)19(26)22-10-12-3-5-23(4-1-6-24)11-15(12)25/h9,12,15,24-25H,1-8,10-11H2,(H,22,26). The van der Waals surface area contributed by atoms with E-state index < -0.39 is 6.10 Å². The Morgan fingerprint density at radius 2 is 2.04 bits per heavy atom. The second kappa shape index (κ2) is 9.98. The number of rotatable bonds is 6. The monoisotopic (exact) mass is 432 g/mol. The van der Waals surface area contributed by atoms with Gasteiger partial charge in [-0.25, -0.2) is 0 Å². The Hall–Kier alpha value is -1.25. The van der Waals surface area contributed by atoms with Crippen molar-refractivity contribution in [3.05, 3.63) is 21.7 Å². The van der Waals surface area contributed by atoms with Crippen molar-refractivity contribution in [1.29, 1.82) is 0 Å². The van der Waals surface area contributed by atoms with Crippen LogP contribution in [0.5, 0.6) is 11.5 Å². The molecule has 2 aliphatic heterocycles. The Kier molecular flexibility index (Phi) is 7.65. The summed E-state index contributed by atoms with van der Waals surface area (Å²) in [4.78, 5) is 14.9. The first-order chi connectivity index (χ1) is 13.5. The van der Waals surface area contributed by atoms with E-state index in [0.29, 0.717) is 50.6 Å². The molecule has 1 aromatic rings. The van der Waals surface area contributed by atoms with Crippen LogP contribution in [-0.4, -0.2) is 73.1 Å². The number of hydrogen-bond donors (Lipinski definition) is 3. The van der Waals surface area contributed by atoms with Crippen molar-refractivity contribution < 1.29 is 24.5 Å². The summed E-state index contributed by atoms with van der Waals surface area (Å²) in [5, 5.41) is 22.7. The Labute approximate surface area is 174 Å². The lowest BCUT2D eigenvalue weighted by Gasteiger charge is -2.36. The minimum Gasteiger partial charge on any atom is -0.489 e. The molecule has 1 amide bonds. The summed E-state index contributed by atoms with van der Waals surface area (Å²) in [6.07, 6.45) is 1.62. The Bertz CT molecular complexity index is 703. The summed E-state index contributed by atoms with van der Waals surface area (Å²) in [7, 11) is 0. The van der Waals surface area contributed by atoms with Crippen LogP contribution >= 0.6 is 23.2 Å². The van der Waals surface area contributed by atoms with Crippen LogP contribution in [0.25, 0.3) is 0 Å². The van der Waals surface area contributed by atoms with Crippen molar-refractivity contribution >= 4 is 29.1 Å². The molecule has 3 rings (SSSR count). The molecule has 2 atom stereocenters. The van der Waals surface area contributed by atoms with Crippen molar-refractivity contribution in [1.82, 2.24) is 10.2 Å². The molecule has 0 aliphatic carbocycles. The highest BCUT2D eigenvalue weighted by Crippen LogP contribution is 2.44. The number of benzene rings is 1. The van der Waals surface area contributed by atoms with E-state index in [1.54, 1.807) is 0 Å². The minimum absolute atomic E-state index is 0.0344. The second-order valence-electron chi connectivity index (χ2n) is 7.13. The van der Waals surface area contributed by atoms with Crippen molar-refractivity contribution in [2.75, 3.05) is 46.0 Å². The van der Waals surface area contributed by atoms with E-state index in [0.717, 1.165) is 19.5 Å². The highest BCUT2D eigenvalue weighted by atomic mass is 35.5. The molecular formula is C19H26Cl2N2O5. The number of amides is 1. The van der Waals surface area contributed by atoms with Crippen molar-refractivity contribution in [2.45, 2.75) is 25.4 Å². The van der Waals surface area contributed by atoms with E-state index in [4.69, 9.17) is 37.8 Å². The molecule has 156 valence electrons. The molecule has 1 aromatic carbocycles. The number of carbonyl (C=O) groups excluding carboxylic acids is 1. The van der Waals surface area contributed by atoms with E-state index in [1.807, 2.05) is 0 Å². The quantitative estimate of drug-likeness (QED) is 0.636. The van der Waals surface area contributed by atoms with Gasteiger partial charge in [0.1, 0.15) is 5.02 Å². The van der Waals surface area contributed by atoms with Crippen LogP contribution in [0.15, 0.2) is 6.07 Å². The third-order valence-electron chi connectivity index (χ3n) is 5.12. The maximum Gasteiger partial charge on any atom is 0.255 e. The molecule has 0 aromatic heterocycles. The van der Waals surface area contributed by atoms with E-state index in [9.17, 15) is 9.90 Å². The first-order valence-corrected chi connectivity index (χ1v) is 10.3. The molecule has 0 saturated carbocycles. The highest BCUT2D eigenvalue weighted by molar-refractivity contribution is 6.43. The summed E-state index contributed by atoms with van der Waals surface area (Å²) < 4.78 is 11.3. The van der Waals surface area contributed by atoms with Gasteiger partial charge in [-0.15, -0.1) is 0 Å². The van der Waals surface area contributed by atoms with Gasteiger partial charge in [-0.05, 0) is 25.5 Å². The zero-order valence-electron chi connectivity index (χ0n) is 15.6. The smallest absolute Gasteiger partial charge is 0.255 e. The van der Waals surface area contributed by atoms with Crippen molar-refractivity contribution in [2.24, 2.45) is 5.92 Å². The number of aliphatic hydroxyl groups is 2. The molecule has 1 saturated heterocycles. The van der Waals surface area contributed by atoms with Gasteiger partial charge in [-0.1, -0.05) is 23.2 Å². The molecule has 28 heavy (non-hydrogen) atoms. The number of β-amino-alcohol motifs (C(OH)–C–C–N with tert-alkyl or cyclic N) is 1. The lowest BCUT2D eigenvalue weighted by atomic mass is 9.93. The van der Waals surface area contributed by atoms with Gasteiger partial charge in [0, 0.05) is 38.6 Å². The SMILES string of the molecule is O=C(NCC1CCN(CCCO)CC1O)c1cc(Cl)c(Cl)c2c1OCCCO2. The molecule has 0 bridgehead atoms. The Morgan fingerprint density at radius 1 is 1.29 bits per heavy atom. The summed E-state index contributed by atoms with van der Waals surface area (Å²) in [6.45, 7) is 3.50. The van der Waals surface area contributed by atoms with Gasteiger partial charge in [-0.3, -0.25) is 4.79 Å². The third-order valence-corrected chi connectivity index (χ3v) is 5.89. The molecule has 7 nitrogen and oxygen atoms in total. The van der Waals surface area contributed by atoms with Crippen molar-refractivity contribution in [3.63, 3.8) is 0 Å². The van der Waals surface area contributed by atoms with Crippen LogP contribution in [0, 0.1) is 5.92 Å². The number of halogens is 2. The molecule has 0 radical (unpaired) electrons. The van der Waals surface area contributed by atoms with E-state index >= 15 is 0 Å². The van der Waals surface area contributed by atoms with Crippen LogP contribution < -0.4 is 14.8 Å². The number of carbonyl (C=O) groups is 1. The van der Waals surface area contributed by atoms with Gasteiger partial charge in [0.05, 0.1) is 29.9 Å². The summed E-state index contributed by atoms with van der Waals surface area (Å²) in [6, 6.07) is 1.49. The summed E-state index contributed by atoms with van der Waals surface area (Å²) in [5.74, 6) is 0.237. The van der Waals surface area contributed by atoms with Crippen LogP contribution in [0.4, 0.5) is 0 Å². The first-order valence-electron chi connectivity index (χ1n) is 9.58. The molecule has 1 fully saturated rings. The van der Waals surface area contributed by atoms with Gasteiger partial charge in [0.25, 0.3) is 5.91 Å². The van der Waals surface area contributed by atoms with Gasteiger partial charge in [-0.2, -0.15) is 0 Å². The fraction of sp³-hybridized carbons (Fsp3) is 0.632. The number of piperidine rings is 1. The topological polar surface area (TPSA) is 91.3 Å². The van der Waals surface area contributed by atoms with Gasteiger partial charge in [0.15, 0.2) is 11.5 Å². The van der Waals surface area contributed by atoms with Crippen molar-refractivity contribution in [3.8, 4) is 11.5 Å². The number of nitrogens with one attached hydrogen (secondary N) is 1. The van der Waals surface area contributed by atoms with Gasteiger partial charge >= 0.3 is 0 Å². The lowest BCUT2D eigenvalue weighted by Crippen LogP contribution is -2.47. The molecule has 3 N–H and O–H groups in total. The average molecular weight is 433 g/mol. The molecule has 2 heterocycles. The van der Waals surface area contributed by atoms with Crippen LogP contribution in [0.1, 0.15) is 29.6 Å². The predicted molar refractivity (Wildman–Crippen MR) is 107 cm³/mol. The van der Waals surface area contributed by atoms with Crippen LogP contribution in [0.3, 0.4) is 0 Å². The number of likely N-dealkylation sites (tertiary alicyclic amines) is 1. The Balaban J connectivity index is 1.63. The second-order valence-corrected chi connectivity index (χ2v) is 7.92.